The first-order valence-corrected chi connectivity index (χ1v) is 10.6. The summed E-state index contributed by atoms with van der Waals surface area (Å²) in [6, 6.07) is 14.5. The van der Waals surface area contributed by atoms with Gasteiger partial charge >= 0.3 is 5.97 Å². The Hall–Kier alpha value is -2.73. The first-order valence-electron chi connectivity index (χ1n) is 10.6. The van der Waals surface area contributed by atoms with Crippen LogP contribution in [0.3, 0.4) is 0 Å². The van der Waals surface area contributed by atoms with Crippen molar-refractivity contribution in [3.05, 3.63) is 64.7 Å². The maximum absolute atomic E-state index is 11.1. The van der Waals surface area contributed by atoms with E-state index >= 15 is 0 Å². The van der Waals surface area contributed by atoms with Gasteiger partial charge in [0.2, 0.25) is 0 Å². The third kappa shape index (κ3) is 4.48. The van der Waals surface area contributed by atoms with Crippen molar-refractivity contribution in [2.75, 3.05) is 0 Å². The first-order chi connectivity index (χ1) is 14.1. The van der Waals surface area contributed by atoms with Crippen LogP contribution in [0.1, 0.15) is 73.6 Å². The molecule has 1 N–H and O–H groups in total. The Morgan fingerprint density at radius 3 is 2.62 bits per heavy atom. The van der Waals surface area contributed by atoms with E-state index in [-0.39, 0.29) is 12.3 Å². The molecule has 1 fully saturated rings. The summed E-state index contributed by atoms with van der Waals surface area (Å²) in [6.45, 7) is 2.29. The predicted molar refractivity (Wildman–Crippen MR) is 114 cm³/mol. The largest absolute Gasteiger partial charge is 0.489 e. The van der Waals surface area contributed by atoms with Crippen LogP contribution in [-0.2, 0) is 23.2 Å². The van der Waals surface area contributed by atoms with Gasteiger partial charge in [0.25, 0.3) is 0 Å². The number of fused-ring (bicyclic) bond motifs is 2. The first kappa shape index (κ1) is 19.6. The van der Waals surface area contributed by atoms with Crippen LogP contribution < -0.4 is 4.74 Å². The average Bonchev–Trinajstić information content (AvgIpc) is 3.53. The molecule has 2 aliphatic rings. The van der Waals surface area contributed by atoms with Crippen LogP contribution in [0.5, 0.6) is 5.75 Å². The summed E-state index contributed by atoms with van der Waals surface area (Å²) in [7, 11) is 0. The number of aliphatic carboxylic acids is 1. The molecule has 4 rings (SSSR count). The smallest absolute Gasteiger partial charge is 0.304 e. The SMILES string of the molecule is CC#C[C@@H](CC(=O)O)c1ccc(OCc2ccc3c(c2)C2(CCCC3)CC2)cc1. The molecule has 0 aromatic heterocycles. The second-order valence-corrected chi connectivity index (χ2v) is 8.38. The maximum Gasteiger partial charge on any atom is 0.304 e. The lowest BCUT2D eigenvalue weighted by atomic mass is 9.88. The van der Waals surface area contributed by atoms with E-state index in [4.69, 9.17) is 9.84 Å². The van der Waals surface area contributed by atoms with E-state index in [1.54, 1.807) is 12.5 Å². The van der Waals surface area contributed by atoms with E-state index in [0.717, 1.165) is 11.3 Å². The zero-order valence-electron chi connectivity index (χ0n) is 17.0. The Morgan fingerprint density at radius 1 is 1.14 bits per heavy atom. The van der Waals surface area contributed by atoms with Crippen molar-refractivity contribution in [2.24, 2.45) is 0 Å². The second-order valence-electron chi connectivity index (χ2n) is 8.38. The lowest BCUT2D eigenvalue weighted by molar-refractivity contribution is -0.137. The van der Waals surface area contributed by atoms with Gasteiger partial charge in [-0.3, -0.25) is 4.79 Å². The highest BCUT2D eigenvalue weighted by Crippen LogP contribution is 2.54. The number of hydrogen-bond acceptors (Lipinski definition) is 2. The van der Waals surface area contributed by atoms with Crippen molar-refractivity contribution in [3.8, 4) is 17.6 Å². The molecule has 0 heterocycles. The minimum absolute atomic E-state index is 0.0118. The minimum Gasteiger partial charge on any atom is -0.489 e. The highest BCUT2D eigenvalue weighted by molar-refractivity contribution is 5.69. The third-order valence-electron chi connectivity index (χ3n) is 6.34. The molecule has 29 heavy (non-hydrogen) atoms. The molecular weight excluding hydrogens is 360 g/mol. The van der Waals surface area contributed by atoms with E-state index in [0.29, 0.717) is 12.0 Å². The van der Waals surface area contributed by atoms with Crippen molar-refractivity contribution in [3.63, 3.8) is 0 Å². The monoisotopic (exact) mass is 388 g/mol. The van der Waals surface area contributed by atoms with Crippen LogP contribution in [-0.4, -0.2) is 11.1 Å². The number of hydrogen-bond donors (Lipinski definition) is 1. The lowest BCUT2D eigenvalue weighted by Gasteiger charge is -2.18. The molecule has 2 aromatic carbocycles. The van der Waals surface area contributed by atoms with Gasteiger partial charge in [0.05, 0.1) is 12.3 Å². The van der Waals surface area contributed by atoms with Crippen LogP contribution in [0, 0.1) is 11.8 Å². The van der Waals surface area contributed by atoms with Gasteiger partial charge in [0.15, 0.2) is 0 Å². The van der Waals surface area contributed by atoms with Gasteiger partial charge in [0, 0.05) is 0 Å². The van der Waals surface area contributed by atoms with Crippen molar-refractivity contribution in [1.82, 2.24) is 0 Å². The van der Waals surface area contributed by atoms with E-state index in [1.807, 2.05) is 24.3 Å². The molecule has 2 aliphatic carbocycles. The fraction of sp³-hybridized carbons (Fsp3) is 0.423. The zero-order valence-corrected chi connectivity index (χ0v) is 17.0. The summed E-state index contributed by atoms with van der Waals surface area (Å²) in [5.74, 6) is 5.48. The molecule has 150 valence electrons. The fourth-order valence-electron chi connectivity index (χ4n) is 4.57. The lowest BCUT2D eigenvalue weighted by Crippen LogP contribution is -2.08. The van der Waals surface area contributed by atoms with E-state index < -0.39 is 5.97 Å². The molecule has 0 unspecified atom stereocenters. The molecular formula is C26H28O3. The molecule has 2 aromatic rings. The van der Waals surface area contributed by atoms with Crippen molar-refractivity contribution >= 4 is 5.97 Å². The Morgan fingerprint density at radius 2 is 1.93 bits per heavy atom. The number of ether oxygens (including phenoxy) is 1. The van der Waals surface area contributed by atoms with Gasteiger partial charge in [-0.25, -0.2) is 0 Å². The fourth-order valence-corrected chi connectivity index (χ4v) is 4.57. The third-order valence-corrected chi connectivity index (χ3v) is 6.34. The molecule has 1 saturated carbocycles. The Kier molecular flexibility index (Phi) is 5.62. The molecule has 3 heteroatoms. The predicted octanol–water partition coefficient (Wildman–Crippen LogP) is 5.61. The van der Waals surface area contributed by atoms with Crippen molar-refractivity contribution in [1.29, 1.82) is 0 Å². The molecule has 0 bridgehead atoms. The number of benzene rings is 2. The summed E-state index contributed by atoms with van der Waals surface area (Å²) >= 11 is 0. The van der Waals surface area contributed by atoms with Gasteiger partial charge in [0.1, 0.15) is 12.4 Å². The van der Waals surface area contributed by atoms with E-state index in [1.165, 1.54) is 49.7 Å². The summed E-state index contributed by atoms with van der Waals surface area (Å²) in [5.41, 5.74) is 5.70. The quantitative estimate of drug-likeness (QED) is 0.655. The zero-order chi connectivity index (χ0) is 20.3. The number of carboxylic acids is 1. The minimum atomic E-state index is -0.838. The Bertz CT molecular complexity index is 942. The normalized spacial score (nSPS) is 17.4. The Balaban J connectivity index is 1.44. The molecule has 0 amide bonds. The van der Waals surface area contributed by atoms with Crippen LogP contribution in [0.25, 0.3) is 0 Å². The Labute approximate surface area is 173 Å². The van der Waals surface area contributed by atoms with Crippen LogP contribution >= 0.6 is 0 Å². The van der Waals surface area contributed by atoms with E-state index in [9.17, 15) is 4.79 Å². The molecule has 0 saturated heterocycles. The van der Waals surface area contributed by atoms with Crippen LogP contribution in [0.4, 0.5) is 0 Å². The van der Waals surface area contributed by atoms with Crippen molar-refractivity contribution in [2.45, 2.75) is 69.8 Å². The van der Waals surface area contributed by atoms with Crippen molar-refractivity contribution < 1.29 is 14.6 Å². The standard InChI is InChI=1S/C26H28O3/c1-2-5-22(17-25(27)28)20-9-11-23(12-10-20)29-18-19-7-8-21-6-3-4-13-26(14-15-26)24(21)16-19/h7-12,16,22H,3-4,6,13-15,17-18H2,1H3,(H,27,28)/t22-/m0/s1. The number of carbonyl (C=O) groups is 1. The molecule has 1 atom stereocenters. The molecule has 0 aliphatic heterocycles. The number of aryl methyl sites for hydroxylation is 1. The van der Waals surface area contributed by atoms with Crippen LogP contribution in [0.2, 0.25) is 0 Å². The molecule has 3 nitrogen and oxygen atoms in total. The van der Waals surface area contributed by atoms with Gasteiger partial charge in [-0.05, 0) is 78.8 Å². The molecule has 1 spiro atoms. The topological polar surface area (TPSA) is 46.5 Å². The average molecular weight is 389 g/mol. The van der Waals surface area contributed by atoms with Gasteiger partial charge < -0.3 is 9.84 Å². The van der Waals surface area contributed by atoms with E-state index in [2.05, 4.69) is 30.0 Å². The summed E-state index contributed by atoms with van der Waals surface area (Å²) in [5, 5.41) is 9.09. The highest BCUT2D eigenvalue weighted by atomic mass is 16.5. The highest BCUT2D eigenvalue weighted by Gasteiger charge is 2.45. The number of rotatable bonds is 6. The summed E-state index contributed by atoms with van der Waals surface area (Å²) in [6.07, 6.45) is 7.88. The maximum atomic E-state index is 11.1. The number of carboxylic acid groups (broad SMARTS) is 1. The van der Waals surface area contributed by atoms with Crippen LogP contribution in [0.15, 0.2) is 42.5 Å². The second kappa shape index (κ2) is 8.33. The summed E-state index contributed by atoms with van der Waals surface area (Å²) < 4.78 is 6.03. The van der Waals surface area contributed by atoms with Gasteiger partial charge in [-0.1, -0.05) is 42.7 Å². The molecule has 0 radical (unpaired) electrons. The van der Waals surface area contributed by atoms with Gasteiger partial charge in [-0.15, -0.1) is 5.92 Å². The van der Waals surface area contributed by atoms with Gasteiger partial charge in [-0.2, -0.15) is 0 Å². The summed E-state index contributed by atoms with van der Waals surface area (Å²) in [4.78, 5) is 11.1.